The number of aromatic nitrogens is 1. The maximum atomic E-state index is 11.8. The predicted molar refractivity (Wildman–Crippen MR) is 64.3 cm³/mol. The number of alkyl halides is 1. The number of rotatable bonds is 2. The van der Waals surface area contributed by atoms with Crippen LogP contribution in [0.15, 0.2) is 5.38 Å². The summed E-state index contributed by atoms with van der Waals surface area (Å²) < 4.78 is 0. The topological polar surface area (TPSA) is 33.2 Å². The lowest BCUT2D eigenvalue weighted by Crippen LogP contribution is -2.30. The zero-order chi connectivity index (χ0) is 11.0. The molecule has 82 valence electrons. The third kappa shape index (κ3) is 2.08. The number of hydrogen-bond donors (Lipinski definition) is 0. The fourth-order valence-electron chi connectivity index (χ4n) is 1.75. The molecular weight excluding hydrogens is 276 g/mol. The number of carbonyl (C=O) groups is 1. The monoisotopic (exact) mass is 288 g/mol. The zero-order valence-electron chi connectivity index (χ0n) is 8.74. The highest BCUT2D eigenvalue weighted by molar-refractivity contribution is 9.10. The van der Waals surface area contributed by atoms with Crippen LogP contribution in [0.2, 0.25) is 0 Å². The summed E-state index contributed by atoms with van der Waals surface area (Å²) in [5, 5.41) is 3.06. The van der Waals surface area contributed by atoms with Gasteiger partial charge in [-0.2, -0.15) is 0 Å². The average Bonchev–Trinajstić information content (AvgIpc) is 2.75. The second kappa shape index (κ2) is 4.22. The number of aryl methyl sites for hydroxylation is 1. The van der Waals surface area contributed by atoms with E-state index in [1.54, 1.807) is 11.3 Å². The van der Waals surface area contributed by atoms with Crippen molar-refractivity contribution < 1.29 is 4.79 Å². The summed E-state index contributed by atoms with van der Waals surface area (Å²) in [5.41, 5.74) is 1.03. The van der Waals surface area contributed by atoms with Crippen molar-refractivity contribution in [3.8, 4) is 0 Å². The predicted octanol–water partition coefficient (Wildman–Crippen LogP) is 2.51. The number of nitrogens with zero attached hydrogens (tertiary/aromatic N) is 2. The van der Waals surface area contributed by atoms with Crippen molar-refractivity contribution in [3.63, 3.8) is 0 Å². The normalized spacial score (nSPS) is 23.5. The summed E-state index contributed by atoms with van der Waals surface area (Å²) in [7, 11) is 0. The second-order valence-electron chi connectivity index (χ2n) is 3.79. The number of amides is 1. The van der Waals surface area contributed by atoms with E-state index in [1.807, 2.05) is 24.1 Å². The Kier molecular flexibility index (Phi) is 3.11. The van der Waals surface area contributed by atoms with Crippen molar-refractivity contribution in [2.24, 2.45) is 0 Å². The van der Waals surface area contributed by atoms with E-state index in [-0.39, 0.29) is 16.8 Å². The summed E-state index contributed by atoms with van der Waals surface area (Å²) in [4.78, 5) is 18.1. The molecule has 2 heterocycles. The van der Waals surface area contributed by atoms with E-state index in [4.69, 9.17) is 0 Å². The number of carbonyl (C=O) groups excluding carboxylic acids is 1. The summed E-state index contributed by atoms with van der Waals surface area (Å²) >= 11 is 5.01. The van der Waals surface area contributed by atoms with Gasteiger partial charge in [-0.1, -0.05) is 15.9 Å². The van der Waals surface area contributed by atoms with Crippen LogP contribution in [0.5, 0.6) is 0 Å². The minimum absolute atomic E-state index is 0.000934. The summed E-state index contributed by atoms with van der Waals surface area (Å²) in [6.45, 7) is 4.85. The fraction of sp³-hybridized carbons (Fsp3) is 0.600. The van der Waals surface area contributed by atoms with Gasteiger partial charge in [-0.15, -0.1) is 11.3 Å². The van der Waals surface area contributed by atoms with Crippen molar-refractivity contribution in [1.82, 2.24) is 9.88 Å². The van der Waals surface area contributed by atoms with Gasteiger partial charge in [0.1, 0.15) is 5.01 Å². The Bertz CT molecular complexity index is 379. The van der Waals surface area contributed by atoms with Crippen LogP contribution >= 0.6 is 27.3 Å². The lowest BCUT2D eigenvalue weighted by atomic mass is 10.3. The van der Waals surface area contributed by atoms with Crippen molar-refractivity contribution in [2.75, 3.05) is 6.54 Å². The van der Waals surface area contributed by atoms with Gasteiger partial charge in [-0.05, 0) is 20.3 Å². The first-order chi connectivity index (χ1) is 7.09. The molecule has 1 aromatic heterocycles. The molecule has 1 aliphatic rings. The van der Waals surface area contributed by atoms with Gasteiger partial charge in [0.05, 0.1) is 10.9 Å². The van der Waals surface area contributed by atoms with E-state index in [1.165, 1.54) is 0 Å². The maximum absolute atomic E-state index is 11.8. The number of likely N-dealkylation sites (tertiary alicyclic amines) is 1. The van der Waals surface area contributed by atoms with Crippen molar-refractivity contribution in [1.29, 1.82) is 0 Å². The molecule has 0 saturated carbocycles. The molecule has 2 atom stereocenters. The molecule has 0 aliphatic carbocycles. The molecule has 0 bridgehead atoms. The second-order valence-corrected chi connectivity index (χ2v) is 5.79. The van der Waals surface area contributed by atoms with Crippen LogP contribution in [-0.2, 0) is 4.79 Å². The van der Waals surface area contributed by atoms with Gasteiger partial charge in [0, 0.05) is 17.6 Å². The first-order valence-corrected chi connectivity index (χ1v) is 6.75. The van der Waals surface area contributed by atoms with Crippen LogP contribution in [0.1, 0.15) is 30.1 Å². The highest BCUT2D eigenvalue weighted by atomic mass is 79.9. The Morgan fingerprint density at radius 2 is 2.47 bits per heavy atom. The molecule has 0 radical (unpaired) electrons. The number of halogens is 1. The van der Waals surface area contributed by atoms with E-state index < -0.39 is 0 Å². The summed E-state index contributed by atoms with van der Waals surface area (Å²) in [6.07, 6.45) is 0.896. The smallest absolute Gasteiger partial charge is 0.237 e. The first kappa shape index (κ1) is 11.1. The van der Waals surface area contributed by atoms with E-state index in [0.717, 1.165) is 23.7 Å². The molecule has 2 unspecified atom stereocenters. The Hall–Kier alpha value is -0.420. The van der Waals surface area contributed by atoms with E-state index in [2.05, 4.69) is 20.9 Å². The van der Waals surface area contributed by atoms with Crippen LogP contribution in [0.25, 0.3) is 0 Å². The van der Waals surface area contributed by atoms with E-state index in [0.29, 0.717) is 0 Å². The molecule has 1 saturated heterocycles. The van der Waals surface area contributed by atoms with Crippen LogP contribution in [-0.4, -0.2) is 27.2 Å². The highest BCUT2D eigenvalue weighted by Crippen LogP contribution is 2.29. The van der Waals surface area contributed by atoms with Crippen LogP contribution < -0.4 is 0 Å². The van der Waals surface area contributed by atoms with Crippen molar-refractivity contribution in [2.45, 2.75) is 31.1 Å². The van der Waals surface area contributed by atoms with Crippen LogP contribution in [0, 0.1) is 6.92 Å². The van der Waals surface area contributed by atoms with Gasteiger partial charge >= 0.3 is 0 Å². The van der Waals surface area contributed by atoms with E-state index >= 15 is 0 Å². The molecule has 15 heavy (non-hydrogen) atoms. The van der Waals surface area contributed by atoms with Crippen molar-refractivity contribution in [3.05, 3.63) is 16.1 Å². The Morgan fingerprint density at radius 3 is 2.93 bits per heavy atom. The van der Waals surface area contributed by atoms with Gasteiger partial charge in [-0.3, -0.25) is 4.79 Å². The SMILES string of the molecule is Cc1csc(C(C)N2CCC(Br)C2=O)n1. The molecule has 0 spiro atoms. The quantitative estimate of drug-likeness (QED) is 0.784. The van der Waals surface area contributed by atoms with Gasteiger partial charge in [0.25, 0.3) is 0 Å². The van der Waals surface area contributed by atoms with E-state index in [9.17, 15) is 4.79 Å². The van der Waals surface area contributed by atoms with Gasteiger partial charge in [-0.25, -0.2) is 4.98 Å². The third-order valence-electron chi connectivity index (χ3n) is 2.64. The molecule has 5 heteroatoms. The largest absolute Gasteiger partial charge is 0.332 e. The van der Waals surface area contributed by atoms with Crippen molar-refractivity contribution >= 4 is 33.2 Å². The minimum Gasteiger partial charge on any atom is -0.332 e. The molecule has 1 amide bonds. The number of thiazole rings is 1. The first-order valence-electron chi connectivity index (χ1n) is 4.96. The molecule has 1 aliphatic heterocycles. The van der Waals surface area contributed by atoms with Gasteiger partial charge < -0.3 is 4.90 Å². The molecule has 3 nitrogen and oxygen atoms in total. The van der Waals surface area contributed by atoms with Crippen LogP contribution in [0.3, 0.4) is 0 Å². The average molecular weight is 289 g/mol. The Labute approximate surface area is 102 Å². The fourth-order valence-corrected chi connectivity index (χ4v) is 3.08. The summed E-state index contributed by atoms with van der Waals surface area (Å²) in [6, 6.07) is 0.110. The standard InChI is InChI=1S/C10H13BrN2OS/c1-6-5-15-9(12-6)7(2)13-4-3-8(11)10(13)14/h5,7-8H,3-4H2,1-2H3. The van der Waals surface area contributed by atoms with Gasteiger partial charge in [0.15, 0.2) is 0 Å². The lowest BCUT2D eigenvalue weighted by Gasteiger charge is -2.22. The molecule has 2 rings (SSSR count). The highest BCUT2D eigenvalue weighted by Gasteiger charge is 2.33. The van der Waals surface area contributed by atoms with Gasteiger partial charge in [0.2, 0.25) is 5.91 Å². The summed E-state index contributed by atoms with van der Waals surface area (Å²) in [5.74, 6) is 0.190. The molecule has 0 aromatic carbocycles. The van der Waals surface area contributed by atoms with Crippen LogP contribution in [0.4, 0.5) is 0 Å². The maximum Gasteiger partial charge on any atom is 0.237 e. The lowest BCUT2D eigenvalue weighted by molar-refractivity contribution is -0.128. The Morgan fingerprint density at radius 1 is 1.73 bits per heavy atom. The minimum atomic E-state index is 0.000934. The molecule has 1 aromatic rings. The molecule has 1 fully saturated rings. The zero-order valence-corrected chi connectivity index (χ0v) is 11.1. The third-order valence-corrected chi connectivity index (χ3v) is 4.62. The molecular formula is C10H13BrN2OS. The Balaban J connectivity index is 2.15. The molecule has 0 N–H and O–H groups in total. The number of hydrogen-bond acceptors (Lipinski definition) is 3.